The van der Waals surface area contributed by atoms with Gasteiger partial charge in [0.2, 0.25) is 0 Å². The Morgan fingerprint density at radius 2 is 2.00 bits per heavy atom. The first kappa shape index (κ1) is 8.53. The number of hydrogen-bond acceptors (Lipinski definition) is 2. The number of allylic oxidation sites excluding steroid dienone is 1. The van der Waals surface area contributed by atoms with E-state index in [1.807, 2.05) is 13.0 Å². The lowest BCUT2D eigenvalue weighted by atomic mass is 10.1. The van der Waals surface area contributed by atoms with Crippen molar-refractivity contribution < 1.29 is 9.90 Å². The van der Waals surface area contributed by atoms with Gasteiger partial charge in [0.1, 0.15) is 5.75 Å². The van der Waals surface area contributed by atoms with E-state index in [1.165, 1.54) is 0 Å². The average Bonchev–Trinajstić information content (AvgIpc) is 2.09. The fraction of sp³-hybridized carbons (Fsp3) is 0.100. The summed E-state index contributed by atoms with van der Waals surface area (Å²) in [5.41, 5.74) is 0.993. The van der Waals surface area contributed by atoms with Gasteiger partial charge in [-0.25, -0.2) is 0 Å². The SMILES string of the molecule is CC=Cc1cccc(C=O)c1O. The Labute approximate surface area is 71.2 Å². The fourth-order valence-corrected chi connectivity index (χ4v) is 0.989. The Bertz CT molecular complexity index is 314. The zero-order valence-corrected chi connectivity index (χ0v) is 6.82. The highest BCUT2D eigenvalue weighted by Gasteiger charge is 2.01. The van der Waals surface area contributed by atoms with Crippen molar-refractivity contribution in [1.82, 2.24) is 0 Å². The van der Waals surface area contributed by atoms with Crippen LogP contribution >= 0.6 is 0 Å². The number of para-hydroxylation sites is 1. The highest BCUT2D eigenvalue weighted by Crippen LogP contribution is 2.21. The van der Waals surface area contributed by atoms with E-state index in [4.69, 9.17) is 0 Å². The molecule has 1 aromatic carbocycles. The molecule has 0 atom stereocenters. The van der Waals surface area contributed by atoms with E-state index in [1.54, 1.807) is 24.3 Å². The van der Waals surface area contributed by atoms with E-state index < -0.39 is 0 Å². The summed E-state index contributed by atoms with van der Waals surface area (Å²) >= 11 is 0. The molecule has 0 radical (unpaired) electrons. The average molecular weight is 162 g/mol. The maximum Gasteiger partial charge on any atom is 0.153 e. The Hall–Kier alpha value is -1.57. The minimum absolute atomic E-state index is 0.0469. The predicted octanol–water partition coefficient (Wildman–Crippen LogP) is 2.24. The molecular weight excluding hydrogens is 152 g/mol. The zero-order chi connectivity index (χ0) is 8.97. The number of aldehydes is 1. The highest BCUT2D eigenvalue weighted by molar-refractivity contribution is 5.81. The maximum absolute atomic E-state index is 10.4. The van der Waals surface area contributed by atoms with Gasteiger partial charge in [-0.15, -0.1) is 0 Å². The number of aromatic hydroxyl groups is 1. The molecule has 0 saturated carbocycles. The molecule has 0 unspecified atom stereocenters. The van der Waals surface area contributed by atoms with Crippen molar-refractivity contribution in [3.8, 4) is 5.75 Å². The van der Waals surface area contributed by atoms with Crippen molar-refractivity contribution in [2.75, 3.05) is 0 Å². The van der Waals surface area contributed by atoms with Gasteiger partial charge in [-0.1, -0.05) is 24.3 Å². The molecule has 0 saturated heterocycles. The molecule has 0 aliphatic heterocycles. The molecule has 0 heterocycles. The third kappa shape index (κ3) is 1.53. The summed E-state index contributed by atoms with van der Waals surface area (Å²) < 4.78 is 0. The molecular formula is C10H10O2. The molecule has 2 nitrogen and oxygen atoms in total. The van der Waals surface area contributed by atoms with Crippen LogP contribution in [0.4, 0.5) is 0 Å². The van der Waals surface area contributed by atoms with Crippen molar-refractivity contribution in [3.63, 3.8) is 0 Å². The van der Waals surface area contributed by atoms with Crippen molar-refractivity contribution in [2.24, 2.45) is 0 Å². The van der Waals surface area contributed by atoms with Crippen LogP contribution in [0.3, 0.4) is 0 Å². The van der Waals surface area contributed by atoms with Gasteiger partial charge in [-0.2, -0.15) is 0 Å². The molecule has 2 heteroatoms. The first-order chi connectivity index (χ1) is 5.79. The van der Waals surface area contributed by atoms with Crippen LogP contribution in [-0.2, 0) is 0 Å². The van der Waals surface area contributed by atoms with Gasteiger partial charge in [-0.05, 0) is 13.0 Å². The molecule has 0 aromatic heterocycles. The summed E-state index contributed by atoms with van der Waals surface area (Å²) in [6.45, 7) is 1.85. The lowest BCUT2D eigenvalue weighted by molar-refractivity contribution is 0.112. The number of phenolic OH excluding ortho intramolecular Hbond substituents is 1. The third-order valence-corrected chi connectivity index (χ3v) is 1.57. The number of rotatable bonds is 2. The Kier molecular flexibility index (Phi) is 2.64. The van der Waals surface area contributed by atoms with Gasteiger partial charge in [0, 0.05) is 5.56 Å². The highest BCUT2D eigenvalue weighted by atomic mass is 16.3. The summed E-state index contributed by atoms with van der Waals surface area (Å²) in [6, 6.07) is 5.07. The first-order valence-corrected chi connectivity index (χ1v) is 3.69. The lowest BCUT2D eigenvalue weighted by Gasteiger charge is -2.00. The zero-order valence-electron chi connectivity index (χ0n) is 6.82. The van der Waals surface area contributed by atoms with Crippen LogP contribution in [-0.4, -0.2) is 11.4 Å². The molecule has 62 valence electrons. The normalized spacial score (nSPS) is 10.4. The second kappa shape index (κ2) is 3.72. The van der Waals surface area contributed by atoms with Crippen LogP contribution in [0.15, 0.2) is 24.3 Å². The number of benzene rings is 1. The van der Waals surface area contributed by atoms with E-state index >= 15 is 0 Å². The largest absolute Gasteiger partial charge is 0.507 e. The van der Waals surface area contributed by atoms with Crippen LogP contribution in [0.5, 0.6) is 5.75 Å². The molecule has 0 amide bonds. The number of phenols is 1. The van der Waals surface area contributed by atoms with Gasteiger partial charge in [-0.3, -0.25) is 4.79 Å². The smallest absolute Gasteiger partial charge is 0.153 e. The van der Waals surface area contributed by atoms with E-state index in [0.717, 1.165) is 0 Å². The van der Waals surface area contributed by atoms with E-state index in [-0.39, 0.29) is 5.75 Å². The standard InChI is InChI=1S/C10H10O2/c1-2-4-8-5-3-6-9(7-11)10(8)12/h2-7,12H,1H3. The summed E-state index contributed by atoms with van der Waals surface area (Å²) in [7, 11) is 0. The second-order valence-electron chi connectivity index (χ2n) is 2.40. The lowest BCUT2D eigenvalue weighted by Crippen LogP contribution is -1.83. The van der Waals surface area contributed by atoms with E-state index in [2.05, 4.69) is 0 Å². The summed E-state index contributed by atoms with van der Waals surface area (Å²) in [4.78, 5) is 10.4. The van der Waals surface area contributed by atoms with E-state index in [9.17, 15) is 9.90 Å². The molecule has 1 N–H and O–H groups in total. The number of carbonyl (C=O) groups is 1. The molecule has 12 heavy (non-hydrogen) atoms. The third-order valence-electron chi connectivity index (χ3n) is 1.57. The summed E-state index contributed by atoms with van der Waals surface area (Å²) in [5, 5.41) is 9.44. The van der Waals surface area contributed by atoms with Gasteiger partial charge in [0.25, 0.3) is 0 Å². The predicted molar refractivity (Wildman–Crippen MR) is 48.2 cm³/mol. The van der Waals surface area contributed by atoms with Crippen molar-refractivity contribution in [1.29, 1.82) is 0 Å². The monoisotopic (exact) mass is 162 g/mol. The molecule has 1 rings (SSSR count). The second-order valence-corrected chi connectivity index (χ2v) is 2.40. The topological polar surface area (TPSA) is 37.3 Å². The molecule has 0 spiro atoms. The minimum atomic E-state index is 0.0469. The summed E-state index contributed by atoms with van der Waals surface area (Å²) in [6.07, 6.45) is 4.20. The van der Waals surface area contributed by atoms with Crippen LogP contribution in [0, 0.1) is 0 Å². The van der Waals surface area contributed by atoms with Crippen LogP contribution in [0.1, 0.15) is 22.8 Å². The maximum atomic E-state index is 10.4. The van der Waals surface area contributed by atoms with Gasteiger partial charge in [0.15, 0.2) is 6.29 Å². The number of hydrogen-bond donors (Lipinski definition) is 1. The van der Waals surface area contributed by atoms with Crippen molar-refractivity contribution in [3.05, 3.63) is 35.4 Å². The molecule has 0 fully saturated rings. The Morgan fingerprint density at radius 1 is 1.33 bits per heavy atom. The Balaban J connectivity index is 3.22. The van der Waals surface area contributed by atoms with Crippen molar-refractivity contribution >= 4 is 12.4 Å². The number of carbonyl (C=O) groups excluding carboxylic acids is 1. The summed E-state index contributed by atoms with van der Waals surface area (Å²) in [5.74, 6) is 0.0469. The van der Waals surface area contributed by atoms with E-state index in [0.29, 0.717) is 17.4 Å². The van der Waals surface area contributed by atoms with Crippen LogP contribution in [0.2, 0.25) is 0 Å². The van der Waals surface area contributed by atoms with Crippen LogP contribution in [0.25, 0.3) is 6.08 Å². The molecule has 0 aliphatic rings. The Morgan fingerprint density at radius 3 is 2.58 bits per heavy atom. The van der Waals surface area contributed by atoms with Gasteiger partial charge >= 0.3 is 0 Å². The quantitative estimate of drug-likeness (QED) is 0.677. The molecule has 0 bridgehead atoms. The fourth-order valence-electron chi connectivity index (χ4n) is 0.989. The van der Waals surface area contributed by atoms with Gasteiger partial charge < -0.3 is 5.11 Å². The minimum Gasteiger partial charge on any atom is -0.507 e. The van der Waals surface area contributed by atoms with Gasteiger partial charge in [0.05, 0.1) is 5.56 Å². The van der Waals surface area contributed by atoms with Crippen molar-refractivity contribution in [2.45, 2.75) is 6.92 Å². The first-order valence-electron chi connectivity index (χ1n) is 3.69. The molecule has 1 aromatic rings. The van der Waals surface area contributed by atoms with Crippen LogP contribution < -0.4 is 0 Å². The molecule has 0 aliphatic carbocycles.